The third-order valence-electron chi connectivity index (χ3n) is 3.10. The summed E-state index contributed by atoms with van der Waals surface area (Å²) in [5.74, 6) is -3.33. The molecule has 2 N–H and O–H groups in total. The molecule has 1 heterocycles. The van der Waals surface area contributed by atoms with Crippen LogP contribution in [-0.2, 0) is 9.53 Å². The van der Waals surface area contributed by atoms with E-state index in [0.29, 0.717) is 12.5 Å². The summed E-state index contributed by atoms with van der Waals surface area (Å²) in [7, 11) is 1.09. The summed E-state index contributed by atoms with van der Waals surface area (Å²) in [6, 6.07) is 1.08. The molecule has 1 aliphatic rings. The molecule has 1 atom stereocenters. The van der Waals surface area contributed by atoms with E-state index in [9.17, 15) is 18.4 Å². The molecule has 0 saturated carbocycles. The molecule has 7 heteroatoms. The van der Waals surface area contributed by atoms with Crippen LogP contribution < -0.4 is 10.6 Å². The van der Waals surface area contributed by atoms with Crippen LogP contribution in [-0.4, -0.2) is 31.6 Å². The molecule has 1 aromatic rings. The van der Waals surface area contributed by atoms with Gasteiger partial charge in [-0.15, -0.1) is 0 Å². The second kappa shape index (κ2) is 5.96. The molecule has 1 fully saturated rings. The number of anilines is 1. The first-order valence-corrected chi connectivity index (χ1v) is 6.14. The maximum atomic E-state index is 13.6. The van der Waals surface area contributed by atoms with E-state index in [1.807, 2.05) is 0 Å². The first kappa shape index (κ1) is 14.4. The molecule has 108 valence electrons. The minimum Gasteiger partial charge on any atom is -0.465 e. The fourth-order valence-electron chi connectivity index (χ4n) is 2.04. The van der Waals surface area contributed by atoms with Gasteiger partial charge in [-0.05, 0) is 25.5 Å². The Morgan fingerprint density at radius 2 is 2.10 bits per heavy atom. The summed E-state index contributed by atoms with van der Waals surface area (Å²) in [5.41, 5.74) is -0.672. The number of nitrogens with one attached hydrogen (secondary N) is 2. The Bertz CT molecular complexity index is 543. The van der Waals surface area contributed by atoms with E-state index in [0.717, 1.165) is 26.1 Å². The van der Waals surface area contributed by atoms with Crippen molar-refractivity contribution in [3.05, 3.63) is 29.3 Å². The number of benzene rings is 1. The van der Waals surface area contributed by atoms with Crippen molar-refractivity contribution in [2.24, 2.45) is 0 Å². The molecule has 1 amide bonds. The Labute approximate surface area is 114 Å². The summed E-state index contributed by atoms with van der Waals surface area (Å²) >= 11 is 0. The second-order valence-corrected chi connectivity index (χ2v) is 4.44. The molecule has 0 aromatic heterocycles. The molecule has 1 unspecified atom stereocenters. The molecule has 1 aromatic carbocycles. The SMILES string of the molecule is COC(=O)c1cc(NC(=O)C2CCCN2)c(F)cc1F. The first-order valence-electron chi connectivity index (χ1n) is 6.14. The van der Waals surface area contributed by atoms with Crippen LogP contribution in [0.5, 0.6) is 0 Å². The van der Waals surface area contributed by atoms with Gasteiger partial charge in [0.1, 0.15) is 11.6 Å². The molecule has 0 spiro atoms. The molecule has 2 rings (SSSR count). The number of methoxy groups -OCH3 is 1. The highest BCUT2D eigenvalue weighted by Gasteiger charge is 2.24. The Morgan fingerprint density at radius 3 is 2.70 bits per heavy atom. The standard InChI is InChI=1S/C13H14F2N2O3/c1-20-13(19)7-5-11(9(15)6-8(7)14)17-12(18)10-3-2-4-16-10/h5-6,10,16H,2-4H2,1H3,(H,17,18). The van der Waals surface area contributed by atoms with Gasteiger partial charge in [0.2, 0.25) is 5.91 Å². The zero-order valence-corrected chi connectivity index (χ0v) is 10.8. The van der Waals surface area contributed by atoms with Gasteiger partial charge in [0.15, 0.2) is 0 Å². The van der Waals surface area contributed by atoms with E-state index in [2.05, 4.69) is 15.4 Å². The highest BCUT2D eigenvalue weighted by atomic mass is 19.1. The maximum Gasteiger partial charge on any atom is 0.340 e. The summed E-state index contributed by atoms with van der Waals surface area (Å²) in [5, 5.41) is 5.30. The topological polar surface area (TPSA) is 67.4 Å². The van der Waals surface area contributed by atoms with E-state index in [1.165, 1.54) is 0 Å². The van der Waals surface area contributed by atoms with Crippen molar-refractivity contribution in [3.8, 4) is 0 Å². The van der Waals surface area contributed by atoms with Crippen LogP contribution in [0.3, 0.4) is 0 Å². The van der Waals surface area contributed by atoms with E-state index in [1.54, 1.807) is 0 Å². The van der Waals surface area contributed by atoms with Crippen molar-refractivity contribution in [1.82, 2.24) is 5.32 Å². The zero-order valence-electron chi connectivity index (χ0n) is 10.8. The van der Waals surface area contributed by atoms with Crippen molar-refractivity contribution in [2.75, 3.05) is 19.0 Å². The third kappa shape index (κ3) is 2.93. The number of carbonyl (C=O) groups is 2. The van der Waals surface area contributed by atoms with Gasteiger partial charge in [-0.3, -0.25) is 4.79 Å². The maximum absolute atomic E-state index is 13.6. The largest absolute Gasteiger partial charge is 0.465 e. The summed E-state index contributed by atoms with van der Waals surface area (Å²) in [6.07, 6.45) is 1.51. The van der Waals surface area contributed by atoms with E-state index in [4.69, 9.17) is 0 Å². The van der Waals surface area contributed by atoms with Crippen molar-refractivity contribution >= 4 is 17.6 Å². The van der Waals surface area contributed by atoms with Gasteiger partial charge in [0.25, 0.3) is 0 Å². The Balaban J connectivity index is 2.22. The average Bonchev–Trinajstić information content (AvgIpc) is 2.95. The molecule has 0 radical (unpaired) electrons. The lowest BCUT2D eigenvalue weighted by Gasteiger charge is -2.12. The quantitative estimate of drug-likeness (QED) is 0.824. The van der Waals surface area contributed by atoms with Crippen molar-refractivity contribution < 1.29 is 23.1 Å². The predicted octanol–water partition coefficient (Wildman–Crippen LogP) is 1.44. The van der Waals surface area contributed by atoms with Crippen LogP contribution in [0, 0.1) is 11.6 Å². The summed E-state index contributed by atoms with van der Waals surface area (Å²) in [4.78, 5) is 23.2. The smallest absolute Gasteiger partial charge is 0.340 e. The highest BCUT2D eigenvalue weighted by Crippen LogP contribution is 2.21. The van der Waals surface area contributed by atoms with Crippen LogP contribution >= 0.6 is 0 Å². The second-order valence-electron chi connectivity index (χ2n) is 4.44. The average molecular weight is 284 g/mol. The Kier molecular flexibility index (Phi) is 4.29. The van der Waals surface area contributed by atoms with E-state index >= 15 is 0 Å². The van der Waals surface area contributed by atoms with Crippen LogP contribution in [0.4, 0.5) is 14.5 Å². The van der Waals surface area contributed by atoms with Gasteiger partial charge >= 0.3 is 5.97 Å². The number of hydrogen-bond acceptors (Lipinski definition) is 4. The number of amides is 1. The van der Waals surface area contributed by atoms with Crippen molar-refractivity contribution in [3.63, 3.8) is 0 Å². The molecular weight excluding hydrogens is 270 g/mol. The van der Waals surface area contributed by atoms with Gasteiger partial charge < -0.3 is 15.4 Å². The van der Waals surface area contributed by atoms with Crippen molar-refractivity contribution in [2.45, 2.75) is 18.9 Å². The monoisotopic (exact) mass is 284 g/mol. The van der Waals surface area contributed by atoms with Gasteiger partial charge in [0, 0.05) is 6.07 Å². The predicted molar refractivity (Wildman–Crippen MR) is 67.4 cm³/mol. The lowest BCUT2D eigenvalue weighted by atomic mass is 10.1. The van der Waals surface area contributed by atoms with Gasteiger partial charge in [-0.25, -0.2) is 13.6 Å². The minimum absolute atomic E-state index is 0.245. The zero-order chi connectivity index (χ0) is 14.7. The van der Waals surface area contributed by atoms with Crippen LogP contribution in [0.25, 0.3) is 0 Å². The van der Waals surface area contributed by atoms with E-state index < -0.39 is 35.1 Å². The Morgan fingerprint density at radius 1 is 1.35 bits per heavy atom. The first-order chi connectivity index (χ1) is 9.52. The highest BCUT2D eigenvalue weighted by molar-refractivity contribution is 5.97. The van der Waals surface area contributed by atoms with Crippen LogP contribution in [0.1, 0.15) is 23.2 Å². The van der Waals surface area contributed by atoms with Crippen molar-refractivity contribution in [1.29, 1.82) is 0 Å². The lowest BCUT2D eigenvalue weighted by molar-refractivity contribution is -0.117. The number of rotatable bonds is 3. The number of halogens is 2. The van der Waals surface area contributed by atoms with Crippen LogP contribution in [0.2, 0.25) is 0 Å². The molecule has 1 saturated heterocycles. The molecule has 20 heavy (non-hydrogen) atoms. The molecule has 0 aliphatic carbocycles. The summed E-state index contributed by atoms with van der Waals surface area (Å²) < 4.78 is 31.4. The van der Waals surface area contributed by atoms with E-state index in [-0.39, 0.29) is 5.69 Å². The number of carbonyl (C=O) groups excluding carboxylic acids is 2. The lowest BCUT2D eigenvalue weighted by Crippen LogP contribution is -2.35. The molecular formula is C13H14F2N2O3. The number of ether oxygens (including phenoxy) is 1. The number of esters is 1. The minimum atomic E-state index is -1.04. The van der Waals surface area contributed by atoms with Gasteiger partial charge in [0.05, 0.1) is 24.4 Å². The summed E-state index contributed by atoms with van der Waals surface area (Å²) in [6.45, 7) is 0.720. The fourth-order valence-corrected chi connectivity index (χ4v) is 2.04. The van der Waals surface area contributed by atoms with Gasteiger partial charge in [-0.1, -0.05) is 0 Å². The van der Waals surface area contributed by atoms with Gasteiger partial charge in [-0.2, -0.15) is 0 Å². The normalized spacial score (nSPS) is 17.9. The third-order valence-corrected chi connectivity index (χ3v) is 3.10. The fraction of sp³-hybridized carbons (Fsp3) is 0.385. The molecule has 5 nitrogen and oxygen atoms in total. The Hall–Kier alpha value is -2.02. The number of hydrogen-bond donors (Lipinski definition) is 2. The van der Waals surface area contributed by atoms with Crippen LogP contribution in [0.15, 0.2) is 12.1 Å². The molecule has 1 aliphatic heterocycles. The molecule has 0 bridgehead atoms.